The normalized spacial score (nSPS) is 10.4. The Bertz CT molecular complexity index is 541. The standard InChI is InChI=1S/C12H8ClFO2/c13-10-3-1-2-9(12(10)14)8-5-4-7(15)6-11(8)16/h1-6,15-16H. The minimum absolute atomic E-state index is 0.00928. The number of phenolic OH excluding ortho intramolecular Hbond substituents is 2. The minimum Gasteiger partial charge on any atom is -0.508 e. The summed E-state index contributed by atoms with van der Waals surface area (Å²) in [5, 5.41) is 18.7. The molecule has 0 bridgehead atoms. The Hall–Kier alpha value is -1.74. The molecule has 0 amide bonds. The van der Waals surface area contributed by atoms with Crippen molar-refractivity contribution < 1.29 is 14.6 Å². The van der Waals surface area contributed by atoms with Crippen LogP contribution in [0.5, 0.6) is 11.5 Å². The first-order valence-corrected chi connectivity index (χ1v) is 4.94. The van der Waals surface area contributed by atoms with Crippen molar-refractivity contribution in [2.75, 3.05) is 0 Å². The first-order chi connectivity index (χ1) is 7.59. The van der Waals surface area contributed by atoms with Crippen molar-refractivity contribution >= 4 is 11.6 Å². The van der Waals surface area contributed by atoms with Crippen molar-refractivity contribution in [1.29, 1.82) is 0 Å². The zero-order valence-electron chi connectivity index (χ0n) is 8.11. The van der Waals surface area contributed by atoms with Gasteiger partial charge in [-0.3, -0.25) is 0 Å². The van der Waals surface area contributed by atoms with Gasteiger partial charge < -0.3 is 10.2 Å². The smallest absolute Gasteiger partial charge is 0.149 e. The second kappa shape index (κ2) is 4.02. The van der Waals surface area contributed by atoms with E-state index in [-0.39, 0.29) is 27.6 Å². The van der Waals surface area contributed by atoms with E-state index in [2.05, 4.69) is 0 Å². The molecule has 2 rings (SSSR count). The van der Waals surface area contributed by atoms with Crippen LogP contribution in [0.3, 0.4) is 0 Å². The summed E-state index contributed by atoms with van der Waals surface area (Å²) in [5.74, 6) is -0.866. The molecule has 2 aromatic rings. The van der Waals surface area contributed by atoms with Gasteiger partial charge in [-0.1, -0.05) is 23.7 Å². The number of aromatic hydroxyl groups is 2. The van der Waals surface area contributed by atoms with Crippen LogP contribution in [0.1, 0.15) is 0 Å². The van der Waals surface area contributed by atoms with E-state index in [0.717, 1.165) is 6.07 Å². The second-order valence-corrected chi connectivity index (χ2v) is 3.71. The molecule has 0 aliphatic heterocycles. The van der Waals surface area contributed by atoms with Crippen LogP contribution in [0, 0.1) is 5.82 Å². The lowest BCUT2D eigenvalue weighted by Crippen LogP contribution is -1.86. The van der Waals surface area contributed by atoms with Crippen molar-refractivity contribution in [3.8, 4) is 22.6 Å². The van der Waals surface area contributed by atoms with Gasteiger partial charge >= 0.3 is 0 Å². The zero-order chi connectivity index (χ0) is 11.7. The highest BCUT2D eigenvalue weighted by Gasteiger charge is 2.12. The highest BCUT2D eigenvalue weighted by atomic mass is 35.5. The maximum Gasteiger partial charge on any atom is 0.149 e. The number of hydrogen-bond donors (Lipinski definition) is 2. The van der Waals surface area contributed by atoms with Crippen LogP contribution in [-0.4, -0.2) is 10.2 Å². The molecule has 0 aliphatic rings. The molecule has 0 saturated heterocycles. The third-order valence-electron chi connectivity index (χ3n) is 2.22. The average molecular weight is 239 g/mol. The first kappa shape index (κ1) is 10.8. The fraction of sp³-hybridized carbons (Fsp3) is 0. The van der Waals surface area contributed by atoms with Gasteiger partial charge in [0.1, 0.15) is 17.3 Å². The van der Waals surface area contributed by atoms with Crippen LogP contribution in [0.4, 0.5) is 4.39 Å². The van der Waals surface area contributed by atoms with Gasteiger partial charge in [-0.25, -0.2) is 4.39 Å². The van der Waals surface area contributed by atoms with Crippen LogP contribution < -0.4 is 0 Å². The molecular weight excluding hydrogens is 231 g/mol. The molecule has 0 unspecified atom stereocenters. The van der Waals surface area contributed by atoms with Gasteiger partial charge in [0.15, 0.2) is 0 Å². The van der Waals surface area contributed by atoms with Crippen LogP contribution >= 0.6 is 11.6 Å². The molecular formula is C12H8ClFO2. The predicted molar refractivity (Wildman–Crippen MR) is 60.2 cm³/mol. The van der Waals surface area contributed by atoms with E-state index < -0.39 is 5.82 Å². The molecule has 0 saturated carbocycles. The molecule has 2 N–H and O–H groups in total. The first-order valence-electron chi connectivity index (χ1n) is 4.56. The molecule has 0 radical (unpaired) electrons. The number of phenols is 2. The molecule has 0 spiro atoms. The minimum atomic E-state index is -0.592. The molecule has 0 fully saturated rings. The van der Waals surface area contributed by atoms with Gasteiger partial charge in [-0.15, -0.1) is 0 Å². The lowest BCUT2D eigenvalue weighted by atomic mass is 10.0. The quantitative estimate of drug-likeness (QED) is 0.798. The molecule has 82 valence electrons. The lowest BCUT2D eigenvalue weighted by Gasteiger charge is -2.07. The SMILES string of the molecule is Oc1ccc(-c2cccc(Cl)c2F)c(O)c1. The third-order valence-corrected chi connectivity index (χ3v) is 2.51. The van der Waals surface area contributed by atoms with Gasteiger partial charge in [0, 0.05) is 17.2 Å². The Morgan fingerprint density at radius 1 is 1.00 bits per heavy atom. The molecule has 16 heavy (non-hydrogen) atoms. The lowest BCUT2D eigenvalue weighted by molar-refractivity contribution is 0.451. The number of benzene rings is 2. The summed E-state index contributed by atoms with van der Waals surface area (Å²) >= 11 is 5.64. The molecule has 0 atom stereocenters. The third kappa shape index (κ3) is 1.82. The van der Waals surface area contributed by atoms with Crippen molar-refractivity contribution in [1.82, 2.24) is 0 Å². The summed E-state index contributed by atoms with van der Waals surface area (Å²) in [6, 6.07) is 8.47. The van der Waals surface area contributed by atoms with E-state index in [0.29, 0.717) is 0 Å². The van der Waals surface area contributed by atoms with E-state index in [4.69, 9.17) is 16.7 Å². The van der Waals surface area contributed by atoms with Crippen LogP contribution in [0.15, 0.2) is 36.4 Å². The van der Waals surface area contributed by atoms with Crippen molar-refractivity contribution in [2.24, 2.45) is 0 Å². The summed E-state index contributed by atoms with van der Waals surface area (Å²) in [5.41, 5.74) is 0.489. The van der Waals surface area contributed by atoms with E-state index >= 15 is 0 Å². The summed E-state index contributed by atoms with van der Waals surface area (Å²) in [6.07, 6.45) is 0. The van der Waals surface area contributed by atoms with Crippen molar-refractivity contribution in [2.45, 2.75) is 0 Å². The van der Waals surface area contributed by atoms with Gasteiger partial charge in [0.2, 0.25) is 0 Å². The van der Waals surface area contributed by atoms with E-state index in [1.807, 2.05) is 0 Å². The Labute approximate surface area is 96.5 Å². The van der Waals surface area contributed by atoms with Crippen LogP contribution in [0.2, 0.25) is 5.02 Å². The topological polar surface area (TPSA) is 40.5 Å². The molecule has 0 aromatic heterocycles. The van der Waals surface area contributed by atoms with Crippen LogP contribution in [0.25, 0.3) is 11.1 Å². The summed E-state index contributed by atoms with van der Waals surface area (Å²) < 4.78 is 13.7. The van der Waals surface area contributed by atoms with Gasteiger partial charge in [-0.05, 0) is 18.2 Å². The van der Waals surface area contributed by atoms with E-state index in [1.54, 1.807) is 6.07 Å². The highest BCUT2D eigenvalue weighted by molar-refractivity contribution is 6.31. The summed E-state index contributed by atoms with van der Waals surface area (Å²) in [7, 11) is 0. The molecule has 2 aromatic carbocycles. The molecule has 0 aliphatic carbocycles. The molecule has 4 heteroatoms. The van der Waals surface area contributed by atoms with Crippen molar-refractivity contribution in [3.63, 3.8) is 0 Å². The Kier molecular flexibility index (Phi) is 2.71. The zero-order valence-corrected chi connectivity index (χ0v) is 8.87. The fourth-order valence-corrected chi connectivity index (χ4v) is 1.63. The number of hydrogen-bond acceptors (Lipinski definition) is 2. The summed E-state index contributed by atoms with van der Waals surface area (Å²) in [6.45, 7) is 0. The Morgan fingerprint density at radius 3 is 2.44 bits per heavy atom. The van der Waals surface area contributed by atoms with E-state index in [1.165, 1.54) is 24.3 Å². The van der Waals surface area contributed by atoms with Gasteiger partial charge in [0.05, 0.1) is 5.02 Å². The predicted octanol–water partition coefficient (Wildman–Crippen LogP) is 3.56. The largest absolute Gasteiger partial charge is 0.508 e. The fourth-order valence-electron chi connectivity index (χ4n) is 1.46. The average Bonchev–Trinajstić information content (AvgIpc) is 2.23. The van der Waals surface area contributed by atoms with Crippen molar-refractivity contribution in [3.05, 3.63) is 47.2 Å². The van der Waals surface area contributed by atoms with Gasteiger partial charge in [-0.2, -0.15) is 0 Å². The Balaban J connectivity index is 2.63. The van der Waals surface area contributed by atoms with Gasteiger partial charge in [0.25, 0.3) is 0 Å². The maximum atomic E-state index is 13.7. The maximum absolute atomic E-state index is 13.7. The Morgan fingerprint density at radius 2 is 1.75 bits per heavy atom. The summed E-state index contributed by atoms with van der Waals surface area (Å²) in [4.78, 5) is 0. The number of halogens is 2. The molecule has 0 heterocycles. The number of rotatable bonds is 1. The molecule has 2 nitrogen and oxygen atoms in total. The van der Waals surface area contributed by atoms with E-state index in [9.17, 15) is 9.50 Å². The van der Waals surface area contributed by atoms with Crippen LogP contribution in [-0.2, 0) is 0 Å². The highest BCUT2D eigenvalue weighted by Crippen LogP contribution is 2.35. The monoisotopic (exact) mass is 238 g/mol. The second-order valence-electron chi connectivity index (χ2n) is 3.30.